The molecule has 0 aromatic carbocycles. The van der Waals surface area contributed by atoms with E-state index in [1.54, 1.807) is 0 Å². The van der Waals surface area contributed by atoms with E-state index >= 15 is 0 Å². The minimum absolute atomic E-state index is 0.0596. The molecule has 5 saturated carbocycles. The molecule has 2 N–H and O–H groups in total. The fraction of sp³-hybridized carbons (Fsp3) is 0.867. The Balaban J connectivity index is 1.56. The number of allylic oxidation sites excluding steroid dienone is 1. The number of hydrogen-bond acceptors (Lipinski definition) is 4. The van der Waals surface area contributed by atoms with E-state index in [4.69, 9.17) is 0 Å². The van der Waals surface area contributed by atoms with Gasteiger partial charge in [0.2, 0.25) is 0 Å². The zero-order chi connectivity index (χ0) is 24.9. The van der Waals surface area contributed by atoms with Gasteiger partial charge in [-0.2, -0.15) is 0 Å². The molecule has 0 radical (unpaired) electrons. The number of hydrogen-bond donors (Lipinski definition) is 2. The van der Waals surface area contributed by atoms with Crippen molar-refractivity contribution in [2.75, 3.05) is 6.61 Å². The van der Waals surface area contributed by atoms with E-state index in [0.717, 1.165) is 51.2 Å². The molecule has 0 amide bonds. The molecule has 8 unspecified atom stereocenters. The summed E-state index contributed by atoms with van der Waals surface area (Å²) in [6, 6.07) is 0. The van der Waals surface area contributed by atoms with Gasteiger partial charge in [-0.25, -0.2) is 0 Å². The summed E-state index contributed by atoms with van der Waals surface area (Å²) in [5.41, 5.74) is 0.0551. The lowest BCUT2D eigenvalue weighted by Crippen LogP contribution is -2.65. The van der Waals surface area contributed by atoms with Crippen LogP contribution in [0.2, 0.25) is 0 Å². The summed E-state index contributed by atoms with van der Waals surface area (Å²) in [6.07, 6.45) is 9.59. The molecular weight excluding hydrogens is 424 g/mol. The first-order valence-corrected chi connectivity index (χ1v) is 13.8. The summed E-state index contributed by atoms with van der Waals surface area (Å²) in [5.74, 6) is 1.66. The number of Topliss-reactive ketones (excluding diaryl/α,β-unsaturated/α-hetero) is 2. The number of carbonyl (C=O) groups excluding carboxylic acids is 2. The molecule has 4 heteroatoms. The first-order chi connectivity index (χ1) is 15.8. The lowest BCUT2D eigenvalue weighted by Gasteiger charge is -2.69. The summed E-state index contributed by atoms with van der Waals surface area (Å²) in [4.78, 5) is 27.3. The molecule has 0 heterocycles. The molecule has 8 atom stereocenters. The van der Waals surface area contributed by atoms with Gasteiger partial charge in [0, 0.05) is 29.9 Å². The van der Waals surface area contributed by atoms with Crippen molar-refractivity contribution in [3.63, 3.8) is 0 Å². The third-order valence-electron chi connectivity index (χ3n) is 12.5. The van der Waals surface area contributed by atoms with Crippen LogP contribution in [0.1, 0.15) is 99.3 Å². The quantitative estimate of drug-likeness (QED) is 0.350. The van der Waals surface area contributed by atoms with E-state index in [-0.39, 0.29) is 57.7 Å². The van der Waals surface area contributed by atoms with E-state index in [9.17, 15) is 19.8 Å². The second-order valence-corrected chi connectivity index (χ2v) is 14.9. The maximum atomic E-state index is 14.1. The van der Waals surface area contributed by atoms with E-state index in [2.05, 4.69) is 41.5 Å². The summed E-state index contributed by atoms with van der Waals surface area (Å²) in [5, 5.41) is 20.5. The second kappa shape index (κ2) is 7.43. The van der Waals surface area contributed by atoms with Gasteiger partial charge in [-0.05, 0) is 96.7 Å². The molecule has 5 aliphatic rings. The van der Waals surface area contributed by atoms with Crippen molar-refractivity contribution >= 4 is 11.6 Å². The lowest BCUT2D eigenvalue weighted by molar-refractivity contribution is -0.203. The van der Waals surface area contributed by atoms with Crippen molar-refractivity contribution in [1.29, 1.82) is 0 Å². The maximum absolute atomic E-state index is 14.1. The molecule has 34 heavy (non-hydrogen) atoms. The minimum Gasteiger partial charge on any atom is -0.515 e. The van der Waals surface area contributed by atoms with Crippen LogP contribution in [0.5, 0.6) is 0 Å². The van der Waals surface area contributed by atoms with Gasteiger partial charge in [0.25, 0.3) is 0 Å². The summed E-state index contributed by atoms with van der Waals surface area (Å²) in [7, 11) is 0. The molecule has 0 spiro atoms. The van der Waals surface area contributed by atoms with Crippen LogP contribution in [0.4, 0.5) is 0 Å². The average Bonchev–Trinajstić information content (AvgIpc) is 2.77. The fourth-order valence-electron chi connectivity index (χ4n) is 10.7. The molecule has 190 valence electrons. The highest BCUT2D eigenvalue weighted by Crippen LogP contribution is 2.72. The van der Waals surface area contributed by atoms with Gasteiger partial charge in [0.1, 0.15) is 5.78 Å². The van der Waals surface area contributed by atoms with Crippen LogP contribution >= 0.6 is 0 Å². The van der Waals surface area contributed by atoms with E-state index in [1.165, 1.54) is 0 Å². The number of aliphatic hydroxyl groups excluding tert-OH is 2. The van der Waals surface area contributed by atoms with Crippen LogP contribution in [0.3, 0.4) is 0 Å². The van der Waals surface area contributed by atoms with Gasteiger partial charge in [0.15, 0.2) is 5.78 Å². The number of fused-ring (bicyclic) bond motifs is 7. The third-order valence-corrected chi connectivity index (χ3v) is 12.5. The number of ketones is 2. The average molecular weight is 471 g/mol. The SMILES string of the molecule is CC1(C)CCC2(CO)CCC3C(C(=O)CC4C3(C)CCC3C(C)(C)C(=O)/C(=C\O)CC34C)C2C1. The van der Waals surface area contributed by atoms with Crippen molar-refractivity contribution in [1.82, 2.24) is 0 Å². The van der Waals surface area contributed by atoms with Crippen molar-refractivity contribution in [2.24, 2.45) is 56.7 Å². The standard InChI is InChI=1S/C30H46O4/c1-26(2)11-12-30(17-32)10-7-19-24(20(30)15-26)21(33)13-23-28(19,5)9-8-22-27(3,4)25(34)18(16-31)14-29(22,23)6/h16,19-20,22-24,31-32H,7-15,17H2,1-6H3/b18-16-. The Kier molecular flexibility index (Phi) is 5.36. The van der Waals surface area contributed by atoms with Crippen molar-refractivity contribution in [2.45, 2.75) is 99.3 Å². The normalized spacial score (nSPS) is 50.7. The molecule has 5 fully saturated rings. The van der Waals surface area contributed by atoms with E-state index in [0.29, 0.717) is 30.1 Å². The topological polar surface area (TPSA) is 74.6 Å². The Morgan fingerprint density at radius 1 is 0.882 bits per heavy atom. The fourth-order valence-corrected chi connectivity index (χ4v) is 10.7. The second-order valence-electron chi connectivity index (χ2n) is 14.9. The Labute approximate surface area is 206 Å². The van der Waals surface area contributed by atoms with Gasteiger partial charge < -0.3 is 10.2 Å². The molecule has 0 aromatic rings. The van der Waals surface area contributed by atoms with Crippen molar-refractivity contribution in [3.05, 3.63) is 11.8 Å². The monoisotopic (exact) mass is 470 g/mol. The molecule has 0 aliphatic heterocycles. The van der Waals surface area contributed by atoms with E-state index in [1.807, 2.05) is 0 Å². The van der Waals surface area contributed by atoms with Crippen LogP contribution in [0, 0.1) is 56.7 Å². The van der Waals surface area contributed by atoms with Gasteiger partial charge >= 0.3 is 0 Å². The highest BCUT2D eigenvalue weighted by atomic mass is 16.3. The zero-order valence-corrected chi connectivity index (χ0v) is 22.2. The molecule has 0 bridgehead atoms. The van der Waals surface area contributed by atoms with E-state index < -0.39 is 5.41 Å². The predicted molar refractivity (Wildman–Crippen MR) is 133 cm³/mol. The largest absolute Gasteiger partial charge is 0.515 e. The highest BCUT2D eigenvalue weighted by molar-refractivity contribution is 6.00. The number of aliphatic hydroxyl groups is 2. The first kappa shape index (κ1) is 24.5. The van der Waals surface area contributed by atoms with Gasteiger partial charge in [-0.1, -0.05) is 41.5 Å². The minimum atomic E-state index is -0.519. The summed E-state index contributed by atoms with van der Waals surface area (Å²) < 4.78 is 0. The summed E-state index contributed by atoms with van der Waals surface area (Å²) >= 11 is 0. The van der Waals surface area contributed by atoms with Crippen LogP contribution in [0.15, 0.2) is 11.8 Å². The Bertz CT molecular complexity index is 930. The smallest absolute Gasteiger partial charge is 0.167 e. The first-order valence-electron chi connectivity index (χ1n) is 13.8. The maximum Gasteiger partial charge on any atom is 0.167 e. The third kappa shape index (κ3) is 3.05. The van der Waals surface area contributed by atoms with Crippen LogP contribution in [0.25, 0.3) is 0 Å². The van der Waals surface area contributed by atoms with Crippen LogP contribution < -0.4 is 0 Å². The lowest BCUT2D eigenvalue weighted by atomic mass is 9.35. The zero-order valence-electron chi connectivity index (χ0n) is 22.2. The molecule has 4 nitrogen and oxygen atoms in total. The Morgan fingerprint density at radius 3 is 2.24 bits per heavy atom. The highest BCUT2D eigenvalue weighted by Gasteiger charge is 2.68. The van der Waals surface area contributed by atoms with Crippen molar-refractivity contribution < 1.29 is 19.8 Å². The Hall–Kier alpha value is -1.16. The summed E-state index contributed by atoms with van der Waals surface area (Å²) in [6.45, 7) is 13.8. The van der Waals surface area contributed by atoms with Gasteiger partial charge in [0.05, 0.1) is 6.26 Å². The molecule has 0 saturated heterocycles. The molecule has 5 rings (SSSR count). The van der Waals surface area contributed by atoms with Gasteiger partial charge in [-0.3, -0.25) is 9.59 Å². The number of rotatable bonds is 1. The Morgan fingerprint density at radius 2 is 1.59 bits per heavy atom. The van der Waals surface area contributed by atoms with Crippen LogP contribution in [-0.4, -0.2) is 28.4 Å². The van der Waals surface area contributed by atoms with Gasteiger partial charge in [-0.15, -0.1) is 0 Å². The van der Waals surface area contributed by atoms with Crippen LogP contribution in [-0.2, 0) is 9.59 Å². The molecular formula is C30H46O4. The van der Waals surface area contributed by atoms with Crippen molar-refractivity contribution in [3.8, 4) is 0 Å². The number of carbonyl (C=O) groups is 2. The predicted octanol–water partition coefficient (Wildman–Crippen LogP) is 6.27. The molecule has 5 aliphatic carbocycles. The molecule has 0 aromatic heterocycles.